The lowest BCUT2D eigenvalue weighted by Crippen LogP contribution is -2.22. The zero-order valence-electron chi connectivity index (χ0n) is 11.2. The average molecular weight is 284 g/mol. The first-order valence-corrected chi connectivity index (χ1v) is 6.23. The smallest absolute Gasteiger partial charge is 0.293 e. The number of amides is 1. The molecule has 0 saturated heterocycles. The second-order valence-electron chi connectivity index (χ2n) is 4.20. The number of nitrogens with one attached hydrogen (secondary N) is 1. The summed E-state index contributed by atoms with van der Waals surface area (Å²) in [6.45, 7) is 2.24. The highest BCUT2D eigenvalue weighted by Crippen LogP contribution is 2.25. The molecule has 106 valence electrons. The van der Waals surface area contributed by atoms with Gasteiger partial charge in [0.05, 0.1) is 4.92 Å². The van der Waals surface area contributed by atoms with Gasteiger partial charge in [0.2, 0.25) is 0 Å². The van der Waals surface area contributed by atoms with Gasteiger partial charge in [-0.05, 0) is 31.2 Å². The van der Waals surface area contributed by atoms with Crippen molar-refractivity contribution in [2.75, 3.05) is 6.54 Å². The van der Waals surface area contributed by atoms with E-state index in [-0.39, 0.29) is 23.0 Å². The molecule has 1 aromatic carbocycles. The van der Waals surface area contributed by atoms with Crippen molar-refractivity contribution in [3.05, 3.63) is 57.9 Å². The van der Waals surface area contributed by atoms with Crippen LogP contribution in [0, 0.1) is 21.4 Å². The largest absolute Gasteiger partial charge is 0.352 e. The normalized spacial score (nSPS) is 9.90. The number of aromatic nitrogens is 1. The predicted molar refractivity (Wildman–Crippen MR) is 75.1 cm³/mol. The summed E-state index contributed by atoms with van der Waals surface area (Å²) in [6, 6.07) is 9.17. The van der Waals surface area contributed by atoms with E-state index in [0.29, 0.717) is 12.1 Å². The van der Waals surface area contributed by atoms with Crippen molar-refractivity contribution in [1.82, 2.24) is 9.88 Å². The van der Waals surface area contributed by atoms with E-state index in [1.165, 1.54) is 22.8 Å². The number of carbonyl (C=O) groups is 1. The van der Waals surface area contributed by atoms with Gasteiger partial charge in [-0.1, -0.05) is 0 Å². The number of hydrogen-bond acceptors (Lipinski definition) is 4. The molecule has 2 rings (SSSR count). The Morgan fingerprint density at radius 2 is 2.24 bits per heavy atom. The molecule has 1 amide bonds. The Balaban J connectivity index is 2.61. The lowest BCUT2D eigenvalue weighted by atomic mass is 10.1. The zero-order valence-corrected chi connectivity index (χ0v) is 11.2. The topological polar surface area (TPSA) is 101 Å². The van der Waals surface area contributed by atoms with E-state index in [4.69, 9.17) is 5.26 Å². The second kappa shape index (κ2) is 5.88. The quantitative estimate of drug-likeness (QED) is 0.685. The summed E-state index contributed by atoms with van der Waals surface area (Å²) in [4.78, 5) is 22.4. The Morgan fingerprint density at radius 3 is 2.86 bits per heavy atom. The van der Waals surface area contributed by atoms with Crippen molar-refractivity contribution in [3.8, 4) is 11.8 Å². The lowest BCUT2D eigenvalue weighted by Gasteiger charge is -2.08. The molecule has 1 heterocycles. The Labute approximate surface area is 120 Å². The number of nitro benzene ring substituents is 1. The fourth-order valence-electron chi connectivity index (χ4n) is 1.96. The third kappa shape index (κ3) is 2.74. The van der Waals surface area contributed by atoms with Crippen LogP contribution in [0.3, 0.4) is 0 Å². The van der Waals surface area contributed by atoms with Gasteiger partial charge in [0.15, 0.2) is 0 Å². The molecule has 0 bridgehead atoms. The summed E-state index contributed by atoms with van der Waals surface area (Å²) in [7, 11) is 0. The molecule has 21 heavy (non-hydrogen) atoms. The fraction of sp³-hybridized carbons (Fsp3) is 0.143. The molecule has 0 saturated carbocycles. The van der Waals surface area contributed by atoms with Crippen LogP contribution in [0.2, 0.25) is 0 Å². The minimum Gasteiger partial charge on any atom is -0.352 e. The molecule has 0 atom stereocenters. The molecule has 0 spiro atoms. The van der Waals surface area contributed by atoms with Crippen molar-refractivity contribution in [2.24, 2.45) is 0 Å². The molecule has 0 aliphatic rings. The molecule has 0 aliphatic carbocycles. The van der Waals surface area contributed by atoms with Gasteiger partial charge in [-0.15, -0.1) is 0 Å². The molecule has 1 N–H and O–H groups in total. The first-order chi connectivity index (χ1) is 10.1. The predicted octanol–water partition coefficient (Wildman–Crippen LogP) is 2.01. The Bertz CT molecular complexity index is 743. The van der Waals surface area contributed by atoms with Crippen molar-refractivity contribution in [2.45, 2.75) is 6.92 Å². The molecule has 1 aromatic heterocycles. The van der Waals surface area contributed by atoms with Crippen molar-refractivity contribution in [3.63, 3.8) is 0 Å². The van der Waals surface area contributed by atoms with E-state index in [1.807, 2.05) is 6.07 Å². The van der Waals surface area contributed by atoms with Gasteiger partial charge in [0, 0.05) is 24.4 Å². The number of benzene rings is 1. The standard InChI is InChI=1S/C14H12N4O3/c1-2-16-14(19)10-5-6-12(18(20)21)13(8-10)17-7-3-4-11(17)9-15/h3-8H,2H2,1H3,(H,16,19). The Kier molecular flexibility index (Phi) is 4.00. The number of carbonyl (C=O) groups excluding carboxylic acids is 1. The maximum Gasteiger partial charge on any atom is 0.293 e. The van der Waals surface area contributed by atoms with E-state index in [9.17, 15) is 14.9 Å². The van der Waals surface area contributed by atoms with Gasteiger partial charge < -0.3 is 9.88 Å². The first kappa shape index (κ1) is 14.3. The lowest BCUT2D eigenvalue weighted by molar-refractivity contribution is -0.384. The van der Waals surface area contributed by atoms with Crippen LogP contribution in [0.5, 0.6) is 0 Å². The highest BCUT2D eigenvalue weighted by molar-refractivity contribution is 5.95. The maximum absolute atomic E-state index is 11.8. The molecule has 7 heteroatoms. The van der Waals surface area contributed by atoms with E-state index in [1.54, 1.807) is 25.3 Å². The molecule has 0 fully saturated rings. The van der Waals surface area contributed by atoms with Crippen LogP contribution in [-0.4, -0.2) is 21.9 Å². The molecular formula is C14H12N4O3. The SMILES string of the molecule is CCNC(=O)c1ccc([N+](=O)[O-])c(-n2cccc2C#N)c1. The van der Waals surface area contributed by atoms with E-state index < -0.39 is 4.92 Å². The molecule has 0 unspecified atom stereocenters. The summed E-state index contributed by atoms with van der Waals surface area (Å²) in [5.41, 5.74) is 0.572. The zero-order chi connectivity index (χ0) is 15.4. The maximum atomic E-state index is 11.8. The monoisotopic (exact) mass is 284 g/mol. The molecule has 0 radical (unpaired) electrons. The van der Waals surface area contributed by atoms with Crippen LogP contribution >= 0.6 is 0 Å². The van der Waals surface area contributed by atoms with Crippen LogP contribution in [0.15, 0.2) is 36.5 Å². The van der Waals surface area contributed by atoms with Gasteiger partial charge in [-0.2, -0.15) is 5.26 Å². The molecule has 2 aromatic rings. The van der Waals surface area contributed by atoms with E-state index in [0.717, 1.165) is 0 Å². The van der Waals surface area contributed by atoms with Crippen molar-refractivity contribution < 1.29 is 9.72 Å². The average Bonchev–Trinajstić information content (AvgIpc) is 2.95. The van der Waals surface area contributed by atoms with Gasteiger partial charge in [0.25, 0.3) is 11.6 Å². The van der Waals surface area contributed by atoms with Gasteiger partial charge in [-0.3, -0.25) is 14.9 Å². The van der Waals surface area contributed by atoms with E-state index >= 15 is 0 Å². The summed E-state index contributed by atoms with van der Waals surface area (Å²) >= 11 is 0. The second-order valence-corrected chi connectivity index (χ2v) is 4.20. The minimum atomic E-state index is -0.544. The van der Waals surface area contributed by atoms with Crippen LogP contribution in [-0.2, 0) is 0 Å². The summed E-state index contributed by atoms with van der Waals surface area (Å²) in [5.74, 6) is -0.320. The summed E-state index contributed by atoms with van der Waals surface area (Å²) in [5, 5.41) is 22.8. The molecular weight excluding hydrogens is 272 g/mol. The number of hydrogen-bond donors (Lipinski definition) is 1. The van der Waals surface area contributed by atoms with Gasteiger partial charge >= 0.3 is 0 Å². The number of nitro groups is 1. The third-order valence-electron chi connectivity index (χ3n) is 2.89. The number of nitrogens with zero attached hydrogens (tertiary/aromatic N) is 3. The van der Waals surface area contributed by atoms with Crippen molar-refractivity contribution >= 4 is 11.6 Å². The number of rotatable bonds is 4. The Hall–Kier alpha value is -3.14. The van der Waals surface area contributed by atoms with E-state index in [2.05, 4.69) is 5.32 Å². The Morgan fingerprint density at radius 1 is 1.48 bits per heavy atom. The summed E-state index contributed by atoms with van der Waals surface area (Å²) in [6.07, 6.45) is 1.54. The minimum absolute atomic E-state index is 0.171. The van der Waals surface area contributed by atoms with Crippen LogP contribution in [0.25, 0.3) is 5.69 Å². The fourth-order valence-corrected chi connectivity index (χ4v) is 1.96. The summed E-state index contributed by atoms with van der Waals surface area (Å²) < 4.78 is 1.39. The van der Waals surface area contributed by atoms with Gasteiger partial charge in [-0.25, -0.2) is 0 Å². The van der Waals surface area contributed by atoms with Crippen LogP contribution < -0.4 is 5.32 Å². The van der Waals surface area contributed by atoms with Crippen LogP contribution in [0.1, 0.15) is 23.0 Å². The van der Waals surface area contributed by atoms with Crippen LogP contribution in [0.4, 0.5) is 5.69 Å². The molecule has 0 aliphatic heterocycles. The van der Waals surface area contributed by atoms with Crippen molar-refractivity contribution in [1.29, 1.82) is 5.26 Å². The van der Waals surface area contributed by atoms with Gasteiger partial charge in [0.1, 0.15) is 17.5 Å². The number of nitriles is 1. The molecule has 7 nitrogen and oxygen atoms in total. The first-order valence-electron chi connectivity index (χ1n) is 6.23. The highest BCUT2D eigenvalue weighted by atomic mass is 16.6. The highest BCUT2D eigenvalue weighted by Gasteiger charge is 2.19. The third-order valence-corrected chi connectivity index (χ3v) is 2.89.